The van der Waals surface area contributed by atoms with E-state index in [2.05, 4.69) is 14.9 Å². The van der Waals surface area contributed by atoms with Gasteiger partial charge in [-0.05, 0) is 31.5 Å². The van der Waals surface area contributed by atoms with Crippen molar-refractivity contribution >= 4 is 21.6 Å². The van der Waals surface area contributed by atoms with Crippen LogP contribution >= 0.6 is 0 Å². The Balaban J connectivity index is 1.76. The van der Waals surface area contributed by atoms with Crippen LogP contribution in [0.4, 0.5) is 5.69 Å². The number of benzene rings is 1. The molecule has 7 nitrogen and oxygen atoms in total. The van der Waals surface area contributed by atoms with Crippen LogP contribution in [0.1, 0.15) is 23.2 Å². The molecular formula is C16H25N3O4S. The largest absolute Gasteiger partial charge is 0.379 e. The molecule has 0 radical (unpaired) electrons. The van der Waals surface area contributed by atoms with E-state index in [1.807, 2.05) is 0 Å². The molecule has 0 aliphatic carbocycles. The summed E-state index contributed by atoms with van der Waals surface area (Å²) in [4.78, 5) is 14.6. The lowest BCUT2D eigenvalue weighted by molar-refractivity contribution is 0.0372. The van der Waals surface area contributed by atoms with Crippen molar-refractivity contribution in [2.24, 2.45) is 0 Å². The minimum Gasteiger partial charge on any atom is -0.379 e. The first-order valence-electron chi connectivity index (χ1n) is 8.11. The summed E-state index contributed by atoms with van der Waals surface area (Å²) in [7, 11) is -3.42. The fourth-order valence-electron chi connectivity index (χ4n) is 2.55. The quantitative estimate of drug-likeness (QED) is 0.677. The first-order chi connectivity index (χ1) is 11.5. The molecule has 0 aromatic heterocycles. The average molecular weight is 355 g/mol. The number of hydrogen-bond donors (Lipinski definition) is 2. The molecule has 8 heteroatoms. The zero-order valence-electron chi connectivity index (χ0n) is 14.0. The van der Waals surface area contributed by atoms with Gasteiger partial charge in [0.1, 0.15) is 0 Å². The summed E-state index contributed by atoms with van der Waals surface area (Å²) in [6, 6.07) is 6.58. The Morgan fingerprint density at radius 3 is 2.62 bits per heavy atom. The number of nitrogens with one attached hydrogen (secondary N) is 2. The summed E-state index contributed by atoms with van der Waals surface area (Å²) in [6.07, 6.45) is 2.95. The fraction of sp³-hybridized carbons (Fsp3) is 0.562. The highest BCUT2D eigenvalue weighted by molar-refractivity contribution is 7.92. The molecule has 24 heavy (non-hydrogen) atoms. The molecule has 0 bridgehead atoms. The van der Waals surface area contributed by atoms with Crippen LogP contribution < -0.4 is 10.0 Å². The number of morpholine rings is 1. The number of para-hydroxylation sites is 1. The minimum absolute atomic E-state index is 0.270. The van der Waals surface area contributed by atoms with Gasteiger partial charge in [0.05, 0.1) is 30.7 Å². The van der Waals surface area contributed by atoms with E-state index in [4.69, 9.17) is 4.74 Å². The molecule has 1 aromatic rings. The van der Waals surface area contributed by atoms with Crippen LogP contribution in [0.5, 0.6) is 0 Å². The average Bonchev–Trinajstić information content (AvgIpc) is 2.54. The standard InChI is InChI=1S/C16H25N3O4S/c1-24(21,22)18-15-7-3-2-6-14(15)16(20)17-8-4-5-9-19-10-12-23-13-11-19/h2-3,6-7,18H,4-5,8-13H2,1H3,(H,17,20). The molecule has 0 saturated carbocycles. The first kappa shape index (κ1) is 18.7. The van der Waals surface area contributed by atoms with Crippen LogP contribution in [0.3, 0.4) is 0 Å². The third kappa shape index (κ3) is 6.46. The molecule has 0 spiro atoms. The van der Waals surface area contributed by atoms with Crippen LogP contribution in [0.25, 0.3) is 0 Å². The zero-order chi connectivity index (χ0) is 17.4. The Morgan fingerprint density at radius 2 is 1.92 bits per heavy atom. The summed E-state index contributed by atoms with van der Waals surface area (Å²) in [5.41, 5.74) is 0.627. The minimum atomic E-state index is -3.42. The van der Waals surface area contributed by atoms with Crippen molar-refractivity contribution in [1.29, 1.82) is 0 Å². The Morgan fingerprint density at radius 1 is 1.21 bits per heavy atom. The number of carbonyl (C=O) groups is 1. The number of sulfonamides is 1. The van der Waals surface area contributed by atoms with Crippen molar-refractivity contribution in [2.75, 3.05) is 50.4 Å². The van der Waals surface area contributed by atoms with E-state index in [9.17, 15) is 13.2 Å². The molecule has 1 heterocycles. The van der Waals surface area contributed by atoms with Crippen molar-refractivity contribution in [1.82, 2.24) is 10.2 Å². The third-order valence-corrected chi connectivity index (χ3v) is 4.35. The van der Waals surface area contributed by atoms with Gasteiger partial charge < -0.3 is 10.1 Å². The monoisotopic (exact) mass is 355 g/mol. The van der Waals surface area contributed by atoms with Crippen molar-refractivity contribution in [3.8, 4) is 0 Å². The summed E-state index contributed by atoms with van der Waals surface area (Å²) in [5, 5.41) is 2.85. The van der Waals surface area contributed by atoms with Crippen LogP contribution in [-0.4, -0.2) is 64.9 Å². The number of anilines is 1. The highest BCUT2D eigenvalue weighted by Gasteiger charge is 2.13. The normalized spacial score (nSPS) is 15.9. The zero-order valence-corrected chi connectivity index (χ0v) is 14.8. The second-order valence-corrected chi connectivity index (χ2v) is 7.59. The van der Waals surface area contributed by atoms with Gasteiger partial charge in [0.2, 0.25) is 10.0 Å². The van der Waals surface area contributed by atoms with E-state index >= 15 is 0 Å². The molecule has 134 valence electrons. The maximum absolute atomic E-state index is 12.2. The maximum atomic E-state index is 12.2. The molecule has 1 saturated heterocycles. The molecule has 2 rings (SSSR count). The Kier molecular flexibility index (Phi) is 7.01. The predicted octanol–water partition coefficient (Wildman–Crippen LogP) is 0.900. The summed E-state index contributed by atoms with van der Waals surface area (Å²) >= 11 is 0. The highest BCUT2D eigenvalue weighted by Crippen LogP contribution is 2.16. The molecular weight excluding hydrogens is 330 g/mol. The Bertz CT molecular complexity index is 642. The van der Waals surface area contributed by atoms with Gasteiger partial charge in [-0.3, -0.25) is 14.4 Å². The number of nitrogens with zero attached hydrogens (tertiary/aromatic N) is 1. The fourth-order valence-corrected chi connectivity index (χ4v) is 3.13. The third-order valence-electron chi connectivity index (χ3n) is 3.76. The van der Waals surface area contributed by atoms with Crippen molar-refractivity contribution in [3.05, 3.63) is 29.8 Å². The van der Waals surface area contributed by atoms with E-state index in [1.165, 1.54) is 0 Å². The van der Waals surface area contributed by atoms with E-state index in [1.54, 1.807) is 24.3 Å². The molecule has 1 aromatic carbocycles. The van der Waals surface area contributed by atoms with E-state index < -0.39 is 10.0 Å². The van der Waals surface area contributed by atoms with E-state index in [0.717, 1.165) is 51.9 Å². The number of hydrogen-bond acceptors (Lipinski definition) is 5. The molecule has 1 amide bonds. The second kappa shape index (κ2) is 9.00. The van der Waals surface area contributed by atoms with Gasteiger partial charge in [-0.1, -0.05) is 12.1 Å². The van der Waals surface area contributed by atoms with Gasteiger partial charge in [-0.2, -0.15) is 0 Å². The summed E-state index contributed by atoms with van der Waals surface area (Å²) in [6.45, 7) is 5.09. The lowest BCUT2D eigenvalue weighted by atomic mass is 10.1. The molecule has 0 atom stereocenters. The Labute approximate surface area is 143 Å². The summed E-state index contributed by atoms with van der Waals surface area (Å²) < 4.78 is 30.4. The number of unbranched alkanes of at least 4 members (excludes halogenated alkanes) is 1. The van der Waals surface area contributed by atoms with Crippen molar-refractivity contribution in [3.63, 3.8) is 0 Å². The first-order valence-corrected chi connectivity index (χ1v) is 10.00. The van der Waals surface area contributed by atoms with E-state index in [0.29, 0.717) is 17.8 Å². The SMILES string of the molecule is CS(=O)(=O)Nc1ccccc1C(=O)NCCCCN1CCOCC1. The van der Waals surface area contributed by atoms with Crippen LogP contribution in [0.2, 0.25) is 0 Å². The van der Waals surface area contributed by atoms with Gasteiger partial charge in [-0.15, -0.1) is 0 Å². The predicted molar refractivity (Wildman–Crippen MR) is 93.7 cm³/mol. The Hall–Kier alpha value is -1.64. The molecule has 1 aliphatic heterocycles. The molecule has 2 N–H and O–H groups in total. The van der Waals surface area contributed by atoms with Crippen LogP contribution in [0, 0.1) is 0 Å². The van der Waals surface area contributed by atoms with Crippen LogP contribution in [0.15, 0.2) is 24.3 Å². The van der Waals surface area contributed by atoms with Crippen molar-refractivity contribution in [2.45, 2.75) is 12.8 Å². The smallest absolute Gasteiger partial charge is 0.253 e. The maximum Gasteiger partial charge on any atom is 0.253 e. The van der Waals surface area contributed by atoms with Gasteiger partial charge in [0, 0.05) is 19.6 Å². The van der Waals surface area contributed by atoms with Crippen LogP contribution in [-0.2, 0) is 14.8 Å². The van der Waals surface area contributed by atoms with Gasteiger partial charge in [-0.25, -0.2) is 8.42 Å². The summed E-state index contributed by atoms with van der Waals surface area (Å²) in [5.74, 6) is -0.270. The van der Waals surface area contributed by atoms with Gasteiger partial charge >= 0.3 is 0 Å². The highest BCUT2D eigenvalue weighted by atomic mass is 32.2. The lowest BCUT2D eigenvalue weighted by Gasteiger charge is -2.26. The molecule has 1 aliphatic rings. The molecule has 0 unspecified atom stereocenters. The number of amides is 1. The topological polar surface area (TPSA) is 87.7 Å². The number of carbonyl (C=O) groups excluding carboxylic acids is 1. The lowest BCUT2D eigenvalue weighted by Crippen LogP contribution is -2.37. The van der Waals surface area contributed by atoms with Gasteiger partial charge in [0.15, 0.2) is 0 Å². The molecule has 1 fully saturated rings. The number of rotatable bonds is 8. The van der Waals surface area contributed by atoms with Gasteiger partial charge in [0.25, 0.3) is 5.91 Å². The van der Waals surface area contributed by atoms with E-state index in [-0.39, 0.29) is 5.91 Å². The second-order valence-electron chi connectivity index (χ2n) is 5.84. The number of ether oxygens (including phenoxy) is 1. The van der Waals surface area contributed by atoms with Crippen molar-refractivity contribution < 1.29 is 17.9 Å².